The van der Waals surface area contributed by atoms with Gasteiger partial charge in [-0.2, -0.15) is 13.2 Å². The number of sulfonamides is 1. The molecule has 0 spiro atoms. The predicted molar refractivity (Wildman–Crippen MR) is 139 cm³/mol. The number of anilines is 1. The highest BCUT2D eigenvalue weighted by atomic mass is 32.2. The van der Waals surface area contributed by atoms with Gasteiger partial charge in [-0.05, 0) is 84.7 Å². The zero-order valence-electron chi connectivity index (χ0n) is 21.6. The van der Waals surface area contributed by atoms with Crippen molar-refractivity contribution in [3.8, 4) is 0 Å². The summed E-state index contributed by atoms with van der Waals surface area (Å²) in [6, 6.07) is 4.24. The molecule has 0 aromatic heterocycles. The number of unbranched alkanes of at least 4 members (excludes halogenated alkanes) is 2. The lowest BCUT2D eigenvalue weighted by molar-refractivity contribution is -0.137. The van der Waals surface area contributed by atoms with Gasteiger partial charge in [0.2, 0.25) is 15.9 Å². The molecule has 0 saturated heterocycles. The number of hydrogen-bond donors (Lipinski definition) is 2. The lowest BCUT2D eigenvalue weighted by atomic mass is 9.91. The third-order valence-corrected chi connectivity index (χ3v) is 6.36. The average Bonchev–Trinajstić information content (AvgIpc) is 2.81. The second kappa shape index (κ2) is 13.7. The lowest BCUT2D eigenvalue weighted by Crippen LogP contribution is -2.23. The molecule has 0 saturated carbocycles. The van der Waals surface area contributed by atoms with Gasteiger partial charge in [-0.3, -0.25) is 9.52 Å². The van der Waals surface area contributed by atoms with Crippen LogP contribution in [0.25, 0.3) is 6.08 Å². The molecule has 5 nitrogen and oxygen atoms in total. The third kappa shape index (κ3) is 9.74. The van der Waals surface area contributed by atoms with Crippen LogP contribution in [0, 0.1) is 11.6 Å². The summed E-state index contributed by atoms with van der Waals surface area (Å²) in [5.41, 5.74) is 0.394. The molecule has 38 heavy (non-hydrogen) atoms. The molecule has 0 fully saturated rings. The Morgan fingerprint density at radius 3 is 1.89 bits per heavy atom. The molecule has 11 heteroatoms. The molecular formula is C27H33F5N2O3S. The minimum absolute atomic E-state index is 0.0271. The van der Waals surface area contributed by atoms with Crippen LogP contribution < -0.4 is 10.0 Å². The van der Waals surface area contributed by atoms with Crippen LogP contribution in [0.5, 0.6) is 0 Å². The number of carbonyl (C=O) groups excluding carboxylic acids is 1. The third-order valence-electron chi connectivity index (χ3n) is 5.78. The maximum atomic E-state index is 14.2. The Bertz CT molecular complexity index is 1210. The molecule has 0 aliphatic heterocycles. The van der Waals surface area contributed by atoms with E-state index < -0.39 is 45.0 Å². The Morgan fingerprint density at radius 2 is 1.45 bits per heavy atom. The van der Waals surface area contributed by atoms with Crippen molar-refractivity contribution in [3.05, 3.63) is 69.8 Å². The first kappa shape index (κ1) is 31.3. The van der Waals surface area contributed by atoms with Crippen LogP contribution in [0.4, 0.5) is 27.6 Å². The Labute approximate surface area is 220 Å². The van der Waals surface area contributed by atoms with E-state index in [1.807, 2.05) is 13.8 Å². The van der Waals surface area contributed by atoms with Crippen LogP contribution in [0.2, 0.25) is 0 Å². The van der Waals surface area contributed by atoms with Gasteiger partial charge in [0, 0.05) is 12.6 Å². The van der Waals surface area contributed by atoms with Crippen LogP contribution in [-0.2, 0) is 40.3 Å². The number of carbonyl (C=O) groups is 1. The van der Waals surface area contributed by atoms with E-state index in [9.17, 15) is 35.2 Å². The zero-order valence-corrected chi connectivity index (χ0v) is 22.5. The molecule has 0 aliphatic rings. The fraction of sp³-hybridized carbons (Fsp3) is 0.444. The monoisotopic (exact) mass is 560 g/mol. The number of rotatable bonds is 13. The van der Waals surface area contributed by atoms with Gasteiger partial charge in [-0.15, -0.1) is 0 Å². The molecule has 0 heterocycles. The van der Waals surface area contributed by atoms with Crippen molar-refractivity contribution in [1.82, 2.24) is 5.32 Å². The van der Waals surface area contributed by atoms with E-state index >= 15 is 0 Å². The van der Waals surface area contributed by atoms with E-state index in [4.69, 9.17) is 0 Å². The number of benzene rings is 2. The molecule has 210 valence electrons. The maximum Gasteiger partial charge on any atom is 0.416 e. The summed E-state index contributed by atoms with van der Waals surface area (Å²) < 4.78 is 93.1. The number of amides is 1. The SMILES string of the molecule is CCCCc1cc(C(F)(F)F)cc(CCCC)c1C=CC(=O)NCCc1cc(F)c(NS(C)(=O)=O)c(F)c1. The number of hydrogen-bond acceptors (Lipinski definition) is 3. The summed E-state index contributed by atoms with van der Waals surface area (Å²) >= 11 is 0. The van der Waals surface area contributed by atoms with Crippen molar-refractivity contribution >= 4 is 27.7 Å². The normalized spacial score (nSPS) is 12.2. The van der Waals surface area contributed by atoms with Gasteiger partial charge in [0.05, 0.1) is 11.8 Å². The summed E-state index contributed by atoms with van der Waals surface area (Å²) in [5.74, 6) is -2.68. The molecule has 0 bridgehead atoms. The van der Waals surface area contributed by atoms with Gasteiger partial charge in [-0.1, -0.05) is 26.7 Å². The standard InChI is InChI=1S/C27H33F5N2O3S/c1-4-6-8-19-16-21(27(30,31)32)17-20(9-7-5-2)22(19)10-11-25(35)33-13-12-18-14-23(28)26(24(29)15-18)34-38(3,36)37/h10-11,14-17,34H,4-9,12-13H2,1-3H3,(H,33,35). The molecule has 0 aliphatic carbocycles. The van der Waals surface area contributed by atoms with Crippen molar-refractivity contribution in [2.75, 3.05) is 17.5 Å². The first-order chi connectivity index (χ1) is 17.7. The molecular weight excluding hydrogens is 527 g/mol. The highest BCUT2D eigenvalue weighted by Crippen LogP contribution is 2.34. The number of halogens is 5. The summed E-state index contributed by atoms with van der Waals surface area (Å²) in [7, 11) is -3.87. The van der Waals surface area contributed by atoms with Crippen molar-refractivity contribution in [2.24, 2.45) is 0 Å². The minimum atomic E-state index is -4.47. The molecule has 0 unspecified atom stereocenters. The van der Waals surface area contributed by atoms with Crippen molar-refractivity contribution < 1.29 is 35.2 Å². The van der Waals surface area contributed by atoms with Gasteiger partial charge in [0.15, 0.2) is 11.6 Å². The van der Waals surface area contributed by atoms with Gasteiger partial charge in [0.1, 0.15) is 5.69 Å². The van der Waals surface area contributed by atoms with Gasteiger partial charge >= 0.3 is 6.18 Å². The minimum Gasteiger partial charge on any atom is -0.352 e. The van der Waals surface area contributed by atoms with Crippen LogP contribution in [-0.4, -0.2) is 27.1 Å². The highest BCUT2D eigenvalue weighted by molar-refractivity contribution is 7.92. The number of aryl methyl sites for hydroxylation is 2. The largest absolute Gasteiger partial charge is 0.416 e. The van der Waals surface area contributed by atoms with E-state index in [1.165, 1.54) is 12.2 Å². The van der Waals surface area contributed by atoms with Crippen molar-refractivity contribution in [3.63, 3.8) is 0 Å². The van der Waals surface area contributed by atoms with Crippen LogP contribution in [0.15, 0.2) is 30.3 Å². The topological polar surface area (TPSA) is 75.3 Å². The summed E-state index contributed by atoms with van der Waals surface area (Å²) in [6.07, 6.45) is 3.03. The molecule has 0 atom stereocenters. The van der Waals surface area contributed by atoms with E-state index in [0.29, 0.717) is 42.4 Å². The Kier molecular flexibility index (Phi) is 11.3. The summed E-state index contributed by atoms with van der Waals surface area (Å²) in [5, 5.41) is 2.59. The highest BCUT2D eigenvalue weighted by Gasteiger charge is 2.31. The quantitative estimate of drug-likeness (QED) is 0.220. The molecule has 1 amide bonds. The fourth-order valence-electron chi connectivity index (χ4n) is 3.91. The Morgan fingerprint density at radius 1 is 0.921 bits per heavy atom. The van der Waals surface area contributed by atoms with Crippen LogP contribution in [0.1, 0.15) is 67.3 Å². The summed E-state index contributed by atoms with van der Waals surface area (Å²) in [4.78, 5) is 12.4. The fourth-order valence-corrected chi connectivity index (χ4v) is 4.47. The Balaban J connectivity index is 2.18. The smallest absolute Gasteiger partial charge is 0.352 e. The summed E-state index contributed by atoms with van der Waals surface area (Å²) in [6.45, 7) is 3.92. The van der Waals surface area contributed by atoms with Gasteiger partial charge in [0.25, 0.3) is 0 Å². The van der Waals surface area contributed by atoms with E-state index in [-0.39, 0.29) is 18.5 Å². The molecule has 2 N–H and O–H groups in total. The van der Waals surface area contributed by atoms with Gasteiger partial charge in [-0.25, -0.2) is 17.2 Å². The Hall–Kier alpha value is -2.95. The van der Waals surface area contributed by atoms with Crippen LogP contribution in [0.3, 0.4) is 0 Å². The average molecular weight is 561 g/mol. The van der Waals surface area contributed by atoms with E-state index in [2.05, 4.69) is 5.32 Å². The molecule has 2 aromatic rings. The van der Waals surface area contributed by atoms with E-state index in [1.54, 1.807) is 4.72 Å². The predicted octanol–water partition coefficient (Wildman–Crippen LogP) is 6.41. The lowest BCUT2D eigenvalue weighted by Gasteiger charge is -2.17. The maximum absolute atomic E-state index is 14.2. The number of nitrogens with one attached hydrogen (secondary N) is 2. The number of alkyl halides is 3. The van der Waals surface area contributed by atoms with E-state index in [0.717, 1.165) is 43.4 Å². The molecule has 2 aromatic carbocycles. The first-order valence-electron chi connectivity index (χ1n) is 12.4. The van der Waals surface area contributed by atoms with Crippen LogP contribution >= 0.6 is 0 Å². The second-order valence-corrected chi connectivity index (χ2v) is 10.8. The van der Waals surface area contributed by atoms with Crippen molar-refractivity contribution in [1.29, 1.82) is 0 Å². The first-order valence-corrected chi connectivity index (χ1v) is 14.3. The molecule has 0 radical (unpaired) electrons. The molecule has 2 rings (SSSR count). The second-order valence-electron chi connectivity index (χ2n) is 9.10. The zero-order chi connectivity index (χ0) is 28.5. The van der Waals surface area contributed by atoms with Crippen molar-refractivity contribution in [2.45, 2.75) is 65.0 Å². The van der Waals surface area contributed by atoms with Gasteiger partial charge < -0.3 is 5.32 Å².